The second-order valence-electron chi connectivity index (χ2n) is 9.66. The second-order valence-corrected chi connectivity index (χ2v) is 9.66. The summed E-state index contributed by atoms with van der Waals surface area (Å²) >= 11 is 0. The highest BCUT2D eigenvalue weighted by molar-refractivity contribution is 6.03. The standard InChI is InChI=1S/C31H31N7O2/c1-40-27-4-2-3-22(19-27)20-33-24-7-5-23(6-8-24)28-21-34-38-16-13-29(36-30(28)38)31(39)35-25-9-11-26(12-10-25)37-17-14-32-15-18-37/h2-13,16,19,21,32-33H,14-15,17-18,20H2,1H3,(H,35,39). The first-order valence-corrected chi connectivity index (χ1v) is 13.3. The number of fused-ring (bicyclic) bond motifs is 1. The van der Waals surface area contributed by atoms with Crippen molar-refractivity contribution < 1.29 is 9.53 Å². The van der Waals surface area contributed by atoms with E-state index in [2.05, 4.69) is 37.0 Å². The van der Waals surface area contributed by atoms with E-state index in [0.29, 0.717) is 17.9 Å². The highest BCUT2D eigenvalue weighted by Crippen LogP contribution is 2.26. The molecular formula is C31H31N7O2. The maximum absolute atomic E-state index is 13.0. The number of anilines is 3. The van der Waals surface area contributed by atoms with Gasteiger partial charge in [0.1, 0.15) is 11.4 Å². The summed E-state index contributed by atoms with van der Waals surface area (Å²) in [5, 5.41) is 14.2. The molecule has 0 atom stereocenters. The number of piperazine rings is 1. The van der Waals surface area contributed by atoms with Gasteiger partial charge in [0.05, 0.1) is 13.3 Å². The molecule has 202 valence electrons. The van der Waals surface area contributed by atoms with Crippen LogP contribution in [-0.4, -0.2) is 53.8 Å². The fourth-order valence-electron chi connectivity index (χ4n) is 4.83. The van der Waals surface area contributed by atoms with Gasteiger partial charge in [-0.2, -0.15) is 5.10 Å². The van der Waals surface area contributed by atoms with E-state index in [1.54, 1.807) is 30.1 Å². The zero-order chi connectivity index (χ0) is 27.3. The van der Waals surface area contributed by atoms with E-state index in [1.165, 1.54) is 0 Å². The quantitative estimate of drug-likeness (QED) is 0.267. The summed E-state index contributed by atoms with van der Waals surface area (Å²) in [5.41, 5.74) is 6.80. The Kier molecular flexibility index (Phi) is 7.28. The van der Waals surface area contributed by atoms with Crippen molar-refractivity contribution in [1.29, 1.82) is 0 Å². The maximum Gasteiger partial charge on any atom is 0.274 e. The molecular weight excluding hydrogens is 502 g/mol. The van der Waals surface area contributed by atoms with Crippen molar-refractivity contribution in [1.82, 2.24) is 19.9 Å². The third kappa shape index (κ3) is 5.60. The van der Waals surface area contributed by atoms with Crippen LogP contribution in [0, 0.1) is 0 Å². The van der Waals surface area contributed by atoms with Gasteiger partial charge in [0, 0.05) is 61.5 Å². The summed E-state index contributed by atoms with van der Waals surface area (Å²) in [6, 6.07) is 25.7. The molecule has 9 nitrogen and oxygen atoms in total. The van der Waals surface area contributed by atoms with Gasteiger partial charge in [0.2, 0.25) is 0 Å². The minimum Gasteiger partial charge on any atom is -0.497 e. The Balaban J connectivity index is 1.14. The lowest BCUT2D eigenvalue weighted by Gasteiger charge is -2.29. The number of rotatable bonds is 8. The molecule has 1 saturated heterocycles. The van der Waals surface area contributed by atoms with Crippen molar-refractivity contribution in [2.75, 3.05) is 48.8 Å². The van der Waals surface area contributed by atoms with Crippen LogP contribution < -0.4 is 25.6 Å². The molecule has 2 aromatic heterocycles. The number of nitrogens with zero attached hydrogens (tertiary/aromatic N) is 4. The zero-order valence-electron chi connectivity index (χ0n) is 22.3. The van der Waals surface area contributed by atoms with Gasteiger partial charge in [-0.1, -0.05) is 24.3 Å². The maximum atomic E-state index is 13.0. The predicted molar refractivity (Wildman–Crippen MR) is 158 cm³/mol. The van der Waals surface area contributed by atoms with Crippen molar-refractivity contribution in [2.24, 2.45) is 0 Å². The summed E-state index contributed by atoms with van der Waals surface area (Å²) in [6.45, 7) is 4.60. The van der Waals surface area contributed by atoms with Crippen molar-refractivity contribution in [2.45, 2.75) is 6.54 Å². The van der Waals surface area contributed by atoms with Crippen LogP contribution in [0.3, 0.4) is 0 Å². The Morgan fingerprint density at radius 2 is 1.75 bits per heavy atom. The van der Waals surface area contributed by atoms with Gasteiger partial charge in [-0.05, 0) is 65.7 Å². The number of carbonyl (C=O) groups excluding carboxylic acids is 1. The predicted octanol–water partition coefficient (Wildman–Crippen LogP) is 4.68. The van der Waals surface area contributed by atoms with Crippen LogP contribution >= 0.6 is 0 Å². The van der Waals surface area contributed by atoms with Gasteiger partial charge >= 0.3 is 0 Å². The molecule has 3 heterocycles. The summed E-state index contributed by atoms with van der Waals surface area (Å²) in [7, 11) is 1.67. The molecule has 0 spiro atoms. The zero-order valence-corrected chi connectivity index (χ0v) is 22.3. The van der Waals surface area contributed by atoms with Crippen molar-refractivity contribution in [3.05, 3.63) is 103 Å². The molecule has 1 amide bonds. The Bertz CT molecular complexity index is 1610. The molecule has 0 unspecified atom stereocenters. The first-order valence-electron chi connectivity index (χ1n) is 13.3. The second kappa shape index (κ2) is 11.5. The van der Waals surface area contributed by atoms with Crippen LogP contribution in [0.4, 0.5) is 17.1 Å². The van der Waals surface area contributed by atoms with Gasteiger partial charge in [-0.3, -0.25) is 4.79 Å². The number of hydrogen-bond acceptors (Lipinski definition) is 7. The topological polar surface area (TPSA) is 95.8 Å². The fourth-order valence-corrected chi connectivity index (χ4v) is 4.83. The van der Waals surface area contributed by atoms with Crippen LogP contribution in [0.2, 0.25) is 0 Å². The SMILES string of the molecule is COc1cccc(CNc2ccc(-c3cnn4ccc(C(=O)Nc5ccc(N6CCNCC6)cc5)nc34)cc2)c1. The van der Waals surface area contributed by atoms with Crippen molar-refractivity contribution in [3.63, 3.8) is 0 Å². The van der Waals surface area contributed by atoms with Gasteiger partial charge in [-0.25, -0.2) is 9.50 Å². The van der Waals surface area contributed by atoms with E-state index >= 15 is 0 Å². The van der Waals surface area contributed by atoms with E-state index in [0.717, 1.165) is 65.7 Å². The lowest BCUT2D eigenvalue weighted by molar-refractivity contribution is 0.102. The molecule has 0 saturated carbocycles. The highest BCUT2D eigenvalue weighted by atomic mass is 16.5. The van der Waals surface area contributed by atoms with Gasteiger partial charge in [-0.15, -0.1) is 0 Å². The average molecular weight is 534 g/mol. The Morgan fingerprint density at radius 1 is 0.975 bits per heavy atom. The molecule has 3 N–H and O–H groups in total. The number of aromatic nitrogens is 3. The molecule has 5 aromatic rings. The van der Waals surface area contributed by atoms with Crippen LogP contribution in [0.15, 0.2) is 91.3 Å². The highest BCUT2D eigenvalue weighted by Gasteiger charge is 2.14. The minimum atomic E-state index is -0.262. The molecule has 0 radical (unpaired) electrons. The molecule has 0 bridgehead atoms. The monoisotopic (exact) mass is 533 g/mol. The third-order valence-electron chi connectivity index (χ3n) is 7.04. The van der Waals surface area contributed by atoms with E-state index in [4.69, 9.17) is 4.74 Å². The summed E-state index contributed by atoms with van der Waals surface area (Å²) in [6.07, 6.45) is 3.54. The lowest BCUT2D eigenvalue weighted by Crippen LogP contribution is -2.43. The van der Waals surface area contributed by atoms with Gasteiger partial charge in [0.15, 0.2) is 5.65 Å². The molecule has 1 aliphatic rings. The minimum absolute atomic E-state index is 0.262. The van der Waals surface area contributed by atoms with Crippen LogP contribution in [-0.2, 0) is 6.54 Å². The number of amides is 1. The number of ether oxygens (including phenoxy) is 1. The number of benzene rings is 3. The molecule has 0 aliphatic carbocycles. The van der Waals surface area contributed by atoms with Gasteiger partial charge < -0.3 is 25.6 Å². The largest absolute Gasteiger partial charge is 0.497 e. The normalized spacial score (nSPS) is 13.3. The van der Waals surface area contributed by atoms with Crippen LogP contribution in [0.25, 0.3) is 16.8 Å². The smallest absolute Gasteiger partial charge is 0.274 e. The van der Waals surface area contributed by atoms with Crippen molar-refractivity contribution in [3.8, 4) is 16.9 Å². The number of methoxy groups -OCH3 is 1. The first kappa shape index (κ1) is 25.4. The molecule has 40 heavy (non-hydrogen) atoms. The summed E-state index contributed by atoms with van der Waals surface area (Å²) < 4.78 is 6.99. The Hall–Kier alpha value is -4.89. The average Bonchev–Trinajstić information content (AvgIpc) is 3.44. The first-order chi connectivity index (χ1) is 19.7. The molecule has 1 aliphatic heterocycles. The molecule has 1 fully saturated rings. The Morgan fingerprint density at radius 3 is 2.52 bits per heavy atom. The molecule has 9 heteroatoms. The van der Waals surface area contributed by atoms with Crippen molar-refractivity contribution >= 4 is 28.6 Å². The summed E-state index contributed by atoms with van der Waals surface area (Å²) in [5.74, 6) is 0.577. The van der Waals surface area contributed by atoms with E-state index in [9.17, 15) is 4.79 Å². The lowest BCUT2D eigenvalue weighted by atomic mass is 10.1. The number of carbonyl (C=O) groups is 1. The fraction of sp³-hybridized carbons (Fsp3) is 0.194. The van der Waals surface area contributed by atoms with E-state index in [1.807, 2.05) is 66.7 Å². The third-order valence-corrected chi connectivity index (χ3v) is 7.04. The molecule has 6 rings (SSSR count). The Labute approximate surface area is 232 Å². The number of nitrogens with one attached hydrogen (secondary N) is 3. The van der Waals surface area contributed by atoms with Crippen LogP contribution in [0.1, 0.15) is 16.1 Å². The number of hydrogen-bond donors (Lipinski definition) is 3. The van der Waals surface area contributed by atoms with E-state index in [-0.39, 0.29) is 5.91 Å². The molecule has 3 aromatic carbocycles. The van der Waals surface area contributed by atoms with Gasteiger partial charge in [0.25, 0.3) is 5.91 Å². The summed E-state index contributed by atoms with van der Waals surface area (Å²) in [4.78, 5) is 20.0. The van der Waals surface area contributed by atoms with Crippen LogP contribution in [0.5, 0.6) is 5.75 Å². The van der Waals surface area contributed by atoms with E-state index < -0.39 is 0 Å².